The number of ether oxygens (including phenoxy) is 1. The second-order valence-corrected chi connectivity index (χ2v) is 7.66. The minimum Gasteiger partial charge on any atom is -0.483 e. The molecule has 164 valence electrons. The predicted molar refractivity (Wildman–Crippen MR) is 125 cm³/mol. The van der Waals surface area contributed by atoms with Crippen molar-refractivity contribution in [1.29, 1.82) is 0 Å². The van der Waals surface area contributed by atoms with Gasteiger partial charge in [-0.2, -0.15) is 0 Å². The minimum atomic E-state index is -0.503. The summed E-state index contributed by atoms with van der Waals surface area (Å²) in [6.07, 6.45) is 0.895. The van der Waals surface area contributed by atoms with E-state index in [0.29, 0.717) is 22.6 Å². The van der Waals surface area contributed by atoms with Crippen LogP contribution in [0.25, 0.3) is 0 Å². The molecule has 0 aliphatic carbocycles. The van der Waals surface area contributed by atoms with Crippen LogP contribution in [0.5, 0.6) is 5.75 Å². The van der Waals surface area contributed by atoms with Crippen LogP contribution >= 0.6 is 15.9 Å². The molecule has 0 bridgehead atoms. The predicted octanol–water partition coefficient (Wildman–Crippen LogP) is 4.10. The molecule has 0 unspecified atom stereocenters. The van der Waals surface area contributed by atoms with Gasteiger partial charge in [-0.15, -0.1) is 0 Å². The second-order valence-electron chi connectivity index (χ2n) is 6.81. The molecule has 0 saturated carbocycles. The van der Waals surface area contributed by atoms with Crippen LogP contribution in [-0.2, 0) is 11.2 Å². The number of anilines is 1. The van der Waals surface area contributed by atoms with Crippen molar-refractivity contribution >= 4 is 39.3 Å². The maximum Gasteiger partial charge on any atom is 0.276 e. The lowest BCUT2D eigenvalue weighted by atomic mass is 10.1. The smallest absolute Gasteiger partial charge is 0.276 e. The average Bonchev–Trinajstić information content (AvgIpc) is 2.82. The summed E-state index contributed by atoms with van der Waals surface area (Å²) in [5, 5.41) is 2.76. The fourth-order valence-corrected chi connectivity index (χ4v) is 3.30. The molecule has 0 radical (unpaired) electrons. The number of rotatable bonds is 7. The fraction of sp³-hybridized carbons (Fsp3) is 0.125. The monoisotopic (exact) mass is 495 g/mol. The molecule has 32 heavy (non-hydrogen) atoms. The first-order chi connectivity index (χ1) is 15.5. The molecular formula is C24H22BrN3O4. The van der Waals surface area contributed by atoms with E-state index in [9.17, 15) is 14.4 Å². The number of carbonyl (C=O) groups excluding carboxylic acids is 3. The molecule has 0 aliphatic heterocycles. The Morgan fingerprint density at radius 1 is 0.844 bits per heavy atom. The van der Waals surface area contributed by atoms with Crippen LogP contribution in [0.3, 0.4) is 0 Å². The summed E-state index contributed by atoms with van der Waals surface area (Å²) in [5.41, 5.74) is 7.20. The molecule has 0 aromatic heterocycles. The number of aryl methyl sites for hydroxylation is 1. The van der Waals surface area contributed by atoms with Gasteiger partial charge in [-0.1, -0.05) is 31.2 Å². The lowest BCUT2D eigenvalue weighted by molar-refractivity contribution is -0.123. The van der Waals surface area contributed by atoms with Gasteiger partial charge in [-0.3, -0.25) is 25.2 Å². The van der Waals surface area contributed by atoms with Crippen molar-refractivity contribution < 1.29 is 19.1 Å². The van der Waals surface area contributed by atoms with Gasteiger partial charge in [0.1, 0.15) is 5.75 Å². The quantitative estimate of drug-likeness (QED) is 0.429. The third kappa shape index (κ3) is 6.42. The number of hydrogen-bond donors (Lipinski definition) is 3. The van der Waals surface area contributed by atoms with Crippen molar-refractivity contribution in [3.63, 3.8) is 0 Å². The third-order valence-corrected chi connectivity index (χ3v) is 5.14. The number of carbonyl (C=O) groups is 3. The topological polar surface area (TPSA) is 96.5 Å². The number of halogens is 1. The van der Waals surface area contributed by atoms with Crippen molar-refractivity contribution in [3.8, 4) is 5.75 Å². The third-order valence-electron chi connectivity index (χ3n) is 4.52. The fourth-order valence-electron chi connectivity index (χ4n) is 2.76. The summed E-state index contributed by atoms with van der Waals surface area (Å²) in [6, 6.07) is 20.8. The molecule has 0 saturated heterocycles. The summed E-state index contributed by atoms with van der Waals surface area (Å²) in [4.78, 5) is 36.4. The van der Waals surface area contributed by atoms with Crippen molar-refractivity contribution in [2.24, 2.45) is 0 Å². The van der Waals surface area contributed by atoms with Gasteiger partial charge < -0.3 is 10.1 Å². The van der Waals surface area contributed by atoms with E-state index in [-0.39, 0.29) is 12.5 Å². The van der Waals surface area contributed by atoms with E-state index in [1.165, 1.54) is 0 Å². The van der Waals surface area contributed by atoms with Gasteiger partial charge in [0, 0.05) is 16.8 Å². The van der Waals surface area contributed by atoms with E-state index in [2.05, 4.69) is 32.1 Å². The van der Waals surface area contributed by atoms with Gasteiger partial charge in [-0.05, 0) is 76.4 Å². The first-order valence-corrected chi connectivity index (χ1v) is 10.7. The first-order valence-electron chi connectivity index (χ1n) is 9.93. The van der Waals surface area contributed by atoms with Gasteiger partial charge in [0.2, 0.25) is 0 Å². The standard InChI is InChI=1S/C24H22BrN3O4/c1-2-16-8-13-21(20(25)14-16)32-15-22(29)27-28-24(31)18-9-11-19(12-10-18)26-23(30)17-6-4-3-5-7-17/h3-14H,2,15H2,1H3,(H,26,30)(H,27,29)(H,28,31). The van der Waals surface area contributed by atoms with Crippen LogP contribution in [0, 0.1) is 0 Å². The molecule has 3 amide bonds. The molecule has 7 nitrogen and oxygen atoms in total. The molecule has 3 N–H and O–H groups in total. The van der Waals surface area contributed by atoms with Crippen molar-refractivity contribution in [2.45, 2.75) is 13.3 Å². The van der Waals surface area contributed by atoms with E-state index >= 15 is 0 Å². The Bertz CT molecular complexity index is 1100. The van der Waals surface area contributed by atoms with Crippen LogP contribution < -0.4 is 20.9 Å². The average molecular weight is 496 g/mol. The molecule has 0 fully saturated rings. The molecule has 8 heteroatoms. The zero-order valence-electron chi connectivity index (χ0n) is 17.4. The van der Waals surface area contributed by atoms with Crippen LogP contribution in [0.1, 0.15) is 33.2 Å². The molecule has 3 rings (SSSR count). The highest BCUT2D eigenvalue weighted by molar-refractivity contribution is 9.10. The number of benzene rings is 3. The van der Waals surface area contributed by atoms with Gasteiger partial charge in [0.25, 0.3) is 17.7 Å². The van der Waals surface area contributed by atoms with E-state index in [0.717, 1.165) is 16.5 Å². The van der Waals surface area contributed by atoms with Crippen molar-refractivity contribution in [2.75, 3.05) is 11.9 Å². The highest BCUT2D eigenvalue weighted by atomic mass is 79.9. The second kappa shape index (κ2) is 11.1. The zero-order valence-corrected chi connectivity index (χ0v) is 18.9. The van der Waals surface area contributed by atoms with E-state index < -0.39 is 11.8 Å². The molecule has 3 aromatic carbocycles. The van der Waals surface area contributed by atoms with Crippen LogP contribution in [-0.4, -0.2) is 24.3 Å². The van der Waals surface area contributed by atoms with Crippen LogP contribution in [0.15, 0.2) is 77.3 Å². The Morgan fingerprint density at radius 2 is 1.53 bits per heavy atom. The van der Waals surface area contributed by atoms with Gasteiger partial charge in [0.15, 0.2) is 6.61 Å². The highest BCUT2D eigenvalue weighted by Gasteiger charge is 2.10. The number of nitrogens with one attached hydrogen (secondary N) is 3. The van der Waals surface area contributed by atoms with E-state index in [1.807, 2.05) is 25.1 Å². The van der Waals surface area contributed by atoms with Crippen molar-refractivity contribution in [3.05, 3.63) is 94.0 Å². The van der Waals surface area contributed by atoms with E-state index in [4.69, 9.17) is 4.74 Å². The zero-order chi connectivity index (χ0) is 22.9. The minimum absolute atomic E-state index is 0.244. The Balaban J connectivity index is 1.46. The SMILES string of the molecule is CCc1ccc(OCC(=O)NNC(=O)c2ccc(NC(=O)c3ccccc3)cc2)c(Br)c1. The van der Waals surface area contributed by atoms with Crippen molar-refractivity contribution in [1.82, 2.24) is 10.9 Å². The summed E-state index contributed by atoms with van der Waals surface area (Å²) in [7, 11) is 0. The van der Waals surface area contributed by atoms with Crippen LogP contribution in [0.4, 0.5) is 5.69 Å². The van der Waals surface area contributed by atoms with E-state index in [1.54, 1.807) is 54.6 Å². The summed E-state index contributed by atoms with van der Waals surface area (Å²) in [6.45, 7) is 1.79. The Morgan fingerprint density at radius 3 is 2.19 bits per heavy atom. The molecule has 0 heterocycles. The lowest BCUT2D eigenvalue weighted by Crippen LogP contribution is -2.43. The normalized spacial score (nSPS) is 10.2. The summed E-state index contributed by atoms with van der Waals surface area (Å²) < 4.78 is 6.23. The maximum absolute atomic E-state index is 12.2. The molecule has 3 aromatic rings. The number of amides is 3. The van der Waals surface area contributed by atoms with Gasteiger partial charge in [-0.25, -0.2) is 0 Å². The summed E-state index contributed by atoms with van der Waals surface area (Å²) in [5.74, 6) is -0.702. The van der Waals surface area contributed by atoms with Gasteiger partial charge >= 0.3 is 0 Å². The van der Waals surface area contributed by atoms with Gasteiger partial charge in [0.05, 0.1) is 4.47 Å². The lowest BCUT2D eigenvalue weighted by Gasteiger charge is -2.11. The first kappa shape index (κ1) is 23.0. The largest absolute Gasteiger partial charge is 0.483 e. The van der Waals surface area contributed by atoms with Crippen LogP contribution in [0.2, 0.25) is 0 Å². The highest BCUT2D eigenvalue weighted by Crippen LogP contribution is 2.26. The molecular weight excluding hydrogens is 474 g/mol. The molecule has 0 atom stereocenters. The molecule has 0 aliphatic rings. The maximum atomic E-state index is 12.2. The summed E-state index contributed by atoms with van der Waals surface area (Å²) >= 11 is 3.41. The Labute approximate surface area is 194 Å². The number of hydrogen-bond acceptors (Lipinski definition) is 4. The molecule has 0 spiro atoms. The Kier molecular flexibility index (Phi) is 7.99. The number of hydrazine groups is 1. The Hall–Kier alpha value is -3.65.